The quantitative estimate of drug-likeness (QED) is 0.676. The summed E-state index contributed by atoms with van der Waals surface area (Å²) in [6.45, 7) is 1.93. The maximum Gasteiger partial charge on any atom is 0.149 e. The molecule has 0 aromatic carbocycles. The van der Waals surface area contributed by atoms with Gasteiger partial charge in [-0.3, -0.25) is 0 Å². The molecule has 0 spiro atoms. The lowest BCUT2D eigenvalue weighted by Crippen LogP contribution is -2.12. The minimum atomic E-state index is -0.00176. The number of hydrogen-bond acceptors (Lipinski definition) is 3. The molecule has 2 N–H and O–H groups in total. The van der Waals surface area contributed by atoms with Crippen LogP contribution in [0.25, 0.3) is 0 Å². The maximum atomic E-state index is 5.70. The molecular formula is C7H12N4. The van der Waals surface area contributed by atoms with E-state index in [1.807, 2.05) is 6.92 Å². The monoisotopic (exact) mass is 152 g/mol. The zero-order chi connectivity index (χ0) is 7.84. The van der Waals surface area contributed by atoms with Crippen LogP contribution >= 0.6 is 0 Å². The first-order chi connectivity index (χ1) is 5.29. The molecule has 1 aliphatic rings. The average Bonchev–Trinajstić information content (AvgIpc) is 2.68. The Hall–Kier alpha value is -0.900. The topological polar surface area (TPSA) is 56.7 Å². The molecule has 0 radical (unpaired) electrons. The zero-order valence-corrected chi connectivity index (χ0v) is 6.57. The molecular weight excluding hydrogens is 140 g/mol. The summed E-state index contributed by atoms with van der Waals surface area (Å²) in [5.74, 6) is 0.910. The van der Waals surface area contributed by atoms with E-state index in [1.165, 1.54) is 12.8 Å². The molecule has 2 rings (SSSR count). The minimum Gasteiger partial charge on any atom is -0.322 e. The number of aromatic nitrogens is 3. The van der Waals surface area contributed by atoms with Crippen LogP contribution in [0.1, 0.15) is 37.7 Å². The van der Waals surface area contributed by atoms with Crippen molar-refractivity contribution in [1.29, 1.82) is 0 Å². The molecule has 1 saturated carbocycles. The van der Waals surface area contributed by atoms with Crippen LogP contribution in [0.5, 0.6) is 0 Å². The predicted octanol–water partition coefficient (Wildman–Crippen LogP) is 0.633. The fourth-order valence-electron chi connectivity index (χ4n) is 1.21. The second-order valence-corrected chi connectivity index (χ2v) is 3.12. The van der Waals surface area contributed by atoms with E-state index in [0.29, 0.717) is 6.04 Å². The van der Waals surface area contributed by atoms with Crippen LogP contribution < -0.4 is 5.73 Å². The minimum absolute atomic E-state index is 0.00176. The highest BCUT2D eigenvalue weighted by Gasteiger charge is 2.26. The van der Waals surface area contributed by atoms with Gasteiger partial charge in [-0.25, -0.2) is 0 Å². The summed E-state index contributed by atoms with van der Waals surface area (Å²) in [6.07, 6.45) is 4.27. The summed E-state index contributed by atoms with van der Waals surface area (Å²) in [5, 5.41) is 7.80. The first kappa shape index (κ1) is 6.79. The molecule has 0 bridgehead atoms. The van der Waals surface area contributed by atoms with Crippen LogP contribution in [0.3, 0.4) is 0 Å². The van der Waals surface area contributed by atoms with E-state index in [2.05, 4.69) is 14.8 Å². The lowest BCUT2D eigenvalue weighted by molar-refractivity contribution is 0.625. The highest BCUT2D eigenvalue weighted by molar-refractivity contribution is 4.98. The summed E-state index contributed by atoms with van der Waals surface area (Å²) in [7, 11) is 0. The molecule has 1 aliphatic carbocycles. The van der Waals surface area contributed by atoms with Crippen molar-refractivity contribution >= 4 is 0 Å². The molecule has 0 amide bonds. The Kier molecular flexibility index (Phi) is 1.42. The van der Waals surface area contributed by atoms with Crippen molar-refractivity contribution in [2.75, 3.05) is 0 Å². The van der Waals surface area contributed by atoms with Gasteiger partial charge in [0.15, 0.2) is 0 Å². The van der Waals surface area contributed by atoms with E-state index < -0.39 is 0 Å². The molecule has 0 unspecified atom stereocenters. The van der Waals surface area contributed by atoms with Crippen LogP contribution in [0.4, 0.5) is 0 Å². The number of nitrogens with zero attached hydrogens (tertiary/aromatic N) is 3. The van der Waals surface area contributed by atoms with Crippen molar-refractivity contribution in [2.45, 2.75) is 31.8 Å². The van der Waals surface area contributed by atoms with Gasteiger partial charge in [-0.2, -0.15) is 0 Å². The van der Waals surface area contributed by atoms with E-state index in [1.54, 1.807) is 6.33 Å². The average molecular weight is 152 g/mol. The van der Waals surface area contributed by atoms with E-state index in [-0.39, 0.29) is 6.04 Å². The molecule has 0 saturated heterocycles. The first-order valence-corrected chi connectivity index (χ1v) is 3.94. The third-order valence-corrected chi connectivity index (χ3v) is 1.95. The van der Waals surface area contributed by atoms with Gasteiger partial charge in [0.1, 0.15) is 12.2 Å². The van der Waals surface area contributed by atoms with Gasteiger partial charge >= 0.3 is 0 Å². The second kappa shape index (κ2) is 2.30. The molecule has 0 aliphatic heterocycles. The molecule has 4 heteroatoms. The van der Waals surface area contributed by atoms with Crippen molar-refractivity contribution < 1.29 is 0 Å². The predicted molar refractivity (Wildman–Crippen MR) is 40.9 cm³/mol. The van der Waals surface area contributed by atoms with Crippen LogP contribution in [-0.4, -0.2) is 14.8 Å². The third kappa shape index (κ3) is 1.14. The Morgan fingerprint density at radius 1 is 1.73 bits per heavy atom. The molecule has 4 nitrogen and oxygen atoms in total. The largest absolute Gasteiger partial charge is 0.322 e. The number of rotatable bonds is 2. The van der Waals surface area contributed by atoms with Crippen molar-refractivity contribution in [3.05, 3.63) is 12.2 Å². The van der Waals surface area contributed by atoms with Gasteiger partial charge in [0.25, 0.3) is 0 Å². The van der Waals surface area contributed by atoms with Gasteiger partial charge < -0.3 is 10.3 Å². The Balaban J connectivity index is 2.30. The van der Waals surface area contributed by atoms with Crippen LogP contribution in [0.2, 0.25) is 0 Å². The standard InChI is InChI=1S/C7H12N4/c1-5(8)7-10-9-4-11(7)6-2-3-6/h4-6H,2-3,8H2,1H3/t5-/m1/s1. The Morgan fingerprint density at radius 3 is 3.00 bits per heavy atom. The van der Waals surface area contributed by atoms with Gasteiger partial charge in [0.05, 0.1) is 6.04 Å². The Bertz CT molecular complexity index is 232. The second-order valence-electron chi connectivity index (χ2n) is 3.12. The van der Waals surface area contributed by atoms with Crippen molar-refractivity contribution in [3.8, 4) is 0 Å². The number of hydrogen-bond donors (Lipinski definition) is 1. The smallest absolute Gasteiger partial charge is 0.149 e. The number of nitrogens with two attached hydrogens (primary N) is 1. The van der Waals surface area contributed by atoms with Gasteiger partial charge in [0, 0.05) is 6.04 Å². The van der Waals surface area contributed by atoms with E-state index in [4.69, 9.17) is 5.73 Å². The van der Waals surface area contributed by atoms with Gasteiger partial charge in [-0.1, -0.05) is 0 Å². The lowest BCUT2D eigenvalue weighted by atomic mass is 10.3. The molecule has 1 aromatic heterocycles. The van der Waals surface area contributed by atoms with Crippen molar-refractivity contribution in [2.24, 2.45) is 5.73 Å². The summed E-state index contributed by atoms with van der Waals surface area (Å²) in [5.41, 5.74) is 5.70. The maximum absolute atomic E-state index is 5.70. The van der Waals surface area contributed by atoms with Gasteiger partial charge in [-0.05, 0) is 19.8 Å². The van der Waals surface area contributed by atoms with E-state index in [0.717, 1.165) is 5.82 Å². The van der Waals surface area contributed by atoms with Crippen LogP contribution in [-0.2, 0) is 0 Å². The SMILES string of the molecule is C[C@@H](N)c1nncn1C1CC1. The summed E-state index contributed by atoms with van der Waals surface area (Å²) in [4.78, 5) is 0. The molecule has 1 atom stereocenters. The highest BCUT2D eigenvalue weighted by atomic mass is 15.3. The van der Waals surface area contributed by atoms with Gasteiger partial charge in [0.2, 0.25) is 0 Å². The lowest BCUT2D eigenvalue weighted by Gasteiger charge is -2.06. The molecule has 11 heavy (non-hydrogen) atoms. The van der Waals surface area contributed by atoms with Crippen LogP contribution in [0.15, 0.2) is 6.33 Å². The molecule has 1 fully saturated rings. The Morgan fingerprint density at radius 2 is 2.45 bits per heavy atom. The molecule has 1 aromatic rings. The third-order valence-electron chi connectivity index (χ3n) is 1.95. The van der Waals surface area contributed by atoms with E-state index in [9.17, 15) is 0 Å². The fraction of sp³-hybridized carbons (Fsp3) is 0.714. The molecule has 60 valence electrons. The summed E-state index contributed by atoms with van der Waals surface area (Å²) >= 11 is 0. The van der Waals surface area contributed by atoms with Crippen LogP contribution in [0, 0.1) is 0 Å². The zero-order valence-electron chi connectivity index (χ0n) is 6.57. The molecule has 1 heterocycles. The van der Waals surface area contributed by atoms with Gasteiger partial charge in [-0.15, -0.1) is 10.2 Å². The van der Waals surface area contributed by atoms with E-state index >= 15 is 0 Å². The van der Waals surface area contributed by atoms with Crippen molar-refractivity contribution in [1.82, 2.24) is 14.8 Å². The normalized spacial score (nSPS) is 20.2. The highest BCUT2D eigenvalue weighted by Crippen LogP contribution is 2.35. The summed E-state index contributed by atoms with van der Waals surface area (Å²) < 4.78 is 2.09. The van der Waals surface area contributed by atoms with Crippen molar-refractivity contribution in [3.63, 3.8) is 0 Å². The summed E-state index contributed by atoms with van der Waals surface area (Å²) in [6, 6.07) is 0.629. The Labute approximate surface area is 65.4 Å². The first-order valence-electron chi connectivity index (χ1n) is 3.94. The fourth-order valence-corrected chi connectivity index (χ4v) is 1.21.